The predicted molar refractivity (Wildman–Crippen MR) is 77.4 cm³/mol. The van der Waals surface area contributed by atoms with Crippen molar-refractivity contribution in [3.63, 3.8) is 0 Å². The van der Waals surface area contributed by atoms with E-state index in [0.717, 1.165) is 22.7 Å². The minimum atomic E-state index is 0.151. The van der Waals surface area contributed by atoms with Crippen molar-refractivity contribution in [2.75, 3.05) is 5.32 Å². The number of aryl methyl sites for hydroxylation is 1. The highest BCUT2D eigenvalue weighted by Gasteiger charge is 2.39. The van der Waals surface area contributed by atoms with Crippen LogP contribution in [0.5, 0.6) is 0 Å². The summed E-state index contributed by atoms with van der Waals surface area (Å²) in [7, 11) is 0. The van der Waals surface area contributed by atoms with Crippen LogP contribution in [-0.4, -0.2) is 12.1 Å². The lowest BCUT2D eigenvalue weighted by molar-refractivity contribution is -0.117. The topological polar surface area (TPSA) is 41.5 Å². The van der Waals surface area contributed by atoms with E-state index in [1.165, 1.54) is 11.8 Å². The highest BCUT2D eigenvalue weighted by atomic mass is 32.1. The summed E-state index contributed by atoms with van der Waals surface area (Å²) in [5, 5.41) is 3.92. The summed E-state index contributed by atoms with van der Waals surface area (Å²) in [6, 6.07) is 2.04. The zero-order chi connectivity index (χ0) is 13.1. The molecule has 1 fully saturated rings. The van der Waals surface area contributed by atoms with Crippen LogP contribution in [0.15, 0.2) is 23.8 Å². The van der Waals surface area contributed by atoms with Crippen LogP contribution >= 0.6 is 11.3 Å². The van der Waals surface area contributed by atoms with Gasteiger partial charge < -0.3 is 5.32 Å². The van der Waals surface area contributed by atoms with Crippen molar-refractivity contribution in [3.8, 4) is 0 Å². The van der Waals surface area contributed by atoms with Gasteiger partial charge >= 0.3 is 0 Å². The van der Waals surface area contributed by atoms with Crippen LogP contribution in [-0.2, 0) is 11.2 Å². The molecule has 1 aromatic rings. The number of nitrogens with one attached hydrogen (secondary N) is 1. The molecule has 1 heterocycles. The largest absolute Gasteiger partial charge is 0.317 e. The van der Waals surface area contributed by atoms with Crippen LogP contribution < -0.4 is 5.32 Å². The van der Waals surface area contributed by atoms with Crippen molar-refractivity contribution in [2.24, 2.45) is 16.8 Å². The van der Waals surface area contributed by atoms with E-state index in [4.69, 9.17) is 0 Å². The van der Waals surface area contributed by atoms with Crippen molar-refractivity contribution in [1.82, 2.24) is 0 Å². The molecular weight excluding hydrogens is 244 g/mol. The number of nitrogens with zero attached hydrogens (tertiary/aromatic N) is 1. The Bertz CT molecular complexity index is 490. The monoisotopic (exact) mass is 262 g/mol. The number of thiophene rings is 1. The van der Waals surface area contributed by atoms with Gasteiger partial charge in [-0.05, 0) is 30.4 Å². The molecule has 0 spiro atoms. The Morgan fingerprint density at radius 1 is 1.72 bits per heavy atom. The van der Waals surface area contributed by atoms with Gasteiger partial charge in [0.2, 0.25) is 5.91 Å². The number of hydrogen-bond donors (Lipinski definition) is 1. The van der Waals surface area contributed by atoms with E-state index in [0.29, 0.717) is 5.92 Å². The Balaban J connectivity index is 2.09. The molecule has 4 heteroatoms. The molecule has 0 aromatic carbocycles. The van der Waals surface area contributed by atoms with Crippen LogP contribution in [0, 0.1) is 11.8 Å². The molecule has 2 unspecified atom stereocenters. The Hall–Kier alpha value is -1.42. The standard InChI is InChI=1S/C14H18N2OS/c1-4-10-7-13(18-12(10)8-15-5-2)16-14(17)11-6-9(11)3/h5,7-9,11H,2,4,6H2,1,3H3,(H,16,17)/b15-8-. The predicted octanol–water partition coefficient (Wildman–Crippen LogP) is 3.47. The smallest absolute Gasteiger partial charge is 0.228 e. The second-order valence-electron chi connectivity index (χ2n) is 4.62. The van der Waals surface area contributed by atoms with E-state index in [1.54, 1.807) is 17.6 Å². The fourth-order valence-corrected chi connectivity index (χ4v) is 2.95. The summed E-state index contributed by atoms with van der Waals surface area (Å²) in [4.78, 5) is 17.0. The zero-order valence-electron chi connectivity index (χ0n) is 10.8. The van der Waals surface area contributed by atoms with Crippen molar-refractivity contribution >= 4 is 28.5 Å². The average molecular weight is 262 g/mol. The van der Waals surface area contributed by atoms with Crippen LogP contribution in [0.1, 0.15) is 30.7 Å². The third-order valence-corrected chi connectivity index (χ3v) is 4.24. The average Bonchev–Trinajstić information content (AvgIpc) is 2.96. The molecular formula is C14H18N2OS. The van der Waals surface area contributed by atoms with Gasteiger partial charge in [0.15, 0.2) is 0 Å². The minimum Gasteiger partial charge on any atom is -0.317 e. The highest BCUT2D eigenvalue weighted by molar-refractivity contribution is 7.18. The second-order valence-corrected chi connectivity index (χ2v) is 5.71. The normalized spacial score (nSPS) is 22.1. The van der Waals surface area contributed by atoms with Gasteiger partial charge in [-0.15, -0.1) is 11.3 Å². The maximum absolute atomic E-state index is 11.9. The van der Waals surface area contributed by atoms with Gasteiger partial charge in [-0.25, -0.2) is 0 Å². The molecule has 1 aromatic heterocycles. The van der Waals surface area contributed by atoms with Crippen molar-refractivity contribution in [3.05, 3.63) is 29.3 Å². The third-order valence-electron chi connectivity index (χ3n) is 3.21. The SMILES string of the molecule is C=C/N=C\c1sc(NC(=O)C2CC2C)cc1CC. The molecule has 1 N–H and O–H groups in total. The molecule has 2 rings (SSSR count). The maximum Gasteiger partial charge on any atom is 0.228 e. The maximum atomic E-state index is 11.9. The number of hydrogen-bond acceptors (Lipinski definition) is 3. The quantitative estimate of drug-likeness (QED) is 0.811. The van der Waals surface area contributed by atoms with E-state index in [1.807, 2.05) is 6.07 Å². The van der Waals surface area contributed by atoms with Crippen LogP contribution in [0.3, 0.4) is 0 Å². The van der Waals surface area contributed by atoms with E-state index >= 15 is 0 Å². The lowest BCUT2D eigenvalue weighted by Crippen LogP contribution is -2.13. The molecule has 0 bridgehead atoms. The van der Waals surface area contributed by atoms with Crippen LogP contribution in [0.25, 0.3) is 0 Å². The first-order chi connectivity index (χ1) is 8.65. The number of carbonyl (C=O) groups excluding carboxylic acids is 1. The molecule has 1 aliphatic carbocycles. The van der Waals surface area contributed by atoms with Crippen molar-refractivity contribution in [2.45, 2.75) is 26.7 Å². The summed E-state index contributed by atoms with van der Waals surface area (Å²) in [6.07, 6.45) is 5.27. The van der Waals surface area contributed by atoms with Gasteiger partial charge in [-0.2, -0.15) is 0 Å². The molecule has 3 nitrogen and oxygen atoms in total. The van der Waals surface area contributed by atoms with Crippen LogP contribution in [0.4, 0.5) is 5.00 Å². The van der Waals surface area contributed by atoms with Gasteiger partial charge in [0.05, 0.1) is 9.88 Å². The van der Waals surface area contributed by atoms with E-state index in [-0.39, 0.29) is 11.8 Å². The molecule has 96 valence electrons. The third kappa shape index (κ3) is 2.88. The van der Waals surface area contributed by atoms with E-state index in [9.17, 15) is 4.79 Å². The molecule has 18 heavy (non-hydrogen) atoms. The first-order valence-electron chi connectivity index (χ1n) is 6.23. The Kier molecular flexibility index (Phi) is 3.97. The lowest BCUT2D eigenvalue weighted by Gasteiger charge is -1.99. The number of rotatable bonds is 5. The number of aliphatic imine (C=N–C) groups is 1. The van der Waals surface area contributed by atoms with E-state index < -0.39 is 0 Å². The molecule has 0 saturated heterocycles. The summed E-state index contributed by atoms with van der Waals surface area (Å²) >= 11 is 1.57. The van der Waals surface area contributed by atoms with Gasteiger partial charge in [-0.3, -0.25) is 9.79 Å². The van der Waals surface area contributed by atoms with E-state index in [2.05, 4.69) is 30.7 Å². The lowest BCUT2D eigenvalue weighted by atomic mass is 10.2. The van der Waals surface area contributed by atoms with Crippen molar-refractivity contribution in [1.29, 1.82) is 0 Å². The van der Waals surface area contributed by atoms with Gasteiger partial charge in [0.1, 0.15) is 0 Å². The fourth-order valence-electron chi connectivity index (χ4n) is 1.91. The molecule has 2 atom stereocenters. The summed E-state index contributed by atoms with van der Waals surface area (Å²) in [5.41, 5.74) is 1.21. The zero-order valence-corrected chi connectivity index (χ0v) is 11.6. The summed E-state index contributed by atoms with van der Waals surface area (Å²) < 4.78 is 0. The van der Waals surface area contributed by atoms with Gasteiger partial charge in [0.25, 0.3) is 0 Å². The number of amides is 1. The second kappa shape index (κ2) is 5.48. The first-order valence-corrected chi connectivity index (χ1v) is 7.05. The Morgan fingerprint density at radius 2 is 2.44 bits per heavy atom. The molecule has 1 saturated carbocycles. The fraction of sp³-hybridized carbons (Fsp3) is 0.429. The molecule has 1 amide bonds. The summed E-state index contributed by atoms with van der Waals surface area (Å²) in [5.74, 6) is 0.901. The highest BCUT2D eigenvalue weighted by Crippen LogP contribution is 2.39. The molecule has 0 radical (unpaired) electrons. The number of carbonyl (C=O) groups is 1. The molecule has 1 aliphatic rings. The Morgan fingerprint density at radius 3 is 3.00 bits per heavy atom. The van der Waals surface area contributed by atoms with Crippen LogP contribution in [0.2, 0.25) is 0 Å². The Labute approximate surface area is 112 Å². The van der Waals surface area contributed by atoms with Gasteiger partial charge in [0, 0.05) is 18.3 Å². The van der Waals surface area contributed by atoms with Gasteiger partial charge in [-0.1, -0.05) is 20.4 Å². The number of anilines is 1. The minimum absolute atomic E-state index is 0.151. The first kappa shape index (κ1) is 13.0. The molecule has 0 aliphatic heterocycles. The van der Waals surface area contributed by atoms with Crippen molar-refractivity contribution < 1.29 is 4.79 Å². The summed E-state index contributed by atoms with van der Waals surface area (Å²) in [6.45, 7) is 7.77.